The van der Waals surface area contributed by atoms with Crippen molar-refractivity contribution in [3.63, 3.8) is 0 Å². The van der Waals surface area contributed by atoms with Gasteiger partial charge in [-0.15, -0.1) is 0 Å². The van der Waals surface area contributed by atoms with Crippen molar-refractivity contribution < 1.29 is 13.2 Å². The van der Waals surface area contributed by atoms with Crippen LogP contribution in [-0.4, -0.2) is 41.1 Å². The summed E-state index contributed by atoms with van der Waals surface area (Å²) in [4.78, 5) is 4.58. The number of pyridine rings is 1. The second-order valence-corrected chi connectivity index (χ2v) is 9.40. The van der Waals surface area contributed by atoms with E-state index < -0.39 is 10.0 Å². The van der Waals surface area contributed by atoms with Gasteiger partial charge in [-0.25, -0.2) is 8.42 Å². The van der Waals surface area contributed by atoms with Crippen molar-refractivity contribution in [2.24, 2.45) is 0 Å². The normalized spacial score (nSPS) is 14.9. The number of fused-ring (bicyclic) bond motifs is 2. The molecule has 0 N–H and O–H groups in total. The molecule has 0 aliphatic carbocycles. The van der Waals surface area contributed by atoms with Crippen LogP contribution in [0.2, 0.25) is 0 Å². The predicted molar refractivity (Wildman–Crippen MR) is 118 cm³/mol. The van der Waals surface area contributed by atoms with Crippen LogP contribution in [0.1, 0.15) is 12.1 Å². The number of hydrogen-bond donors (Lipinski definition) is 0. The van der Waals surface area contributed by atoms with Gasteiger partial charge in [-0.3, -0.25) is 9.67 Å². The molecular weight excluding hydrogens is 412 g/mol. The highest BCUT2D eigenvalue weighted by Gasteiger charge is 2.29. The van der Waals surface area contributed by atoms with E-state index in [1.165, 1.54) is 4.31 Å². The SMILES string of the molecule is COc1ccc(-c2cc3n(n2)CCCN(S(=O)(=O)c2cccc4cccnc24)C3)cc1. The lowest BCUT2D eigenvalue weighted by Crippen LogP contribution is -2.31. The summed E-state index contributed by atoms with van der Waals surface area (Å²) in [5.41, 5.74) is 3.17. The van der Waals surface area contributed by atoms with Crippen molar-refractivity contribution in [2.75, 3.05) is 13.7 Å². The van der Waals surface area contributed by atoms with Crippen LogP contribution in [0.4, 0.5) is 0 Å². The van der Waals surface area contributed by atoms with Gasteiger partial charge in [0.05, 0.1) is 30.6 Å². The summed E-state index contributed by atoms with van der Waals surface area (Å²) in [7, 11) is -2.07. The lowest BCUT2D eigenvalue weighted by molar-refractivity contribution is 0.410. The van der Waals surface area contributed by atoms with Gasteiger partial charge in [-0.1, -0.05) is 18.2 Å². The fraction of sp³-hybridized carbons (Fsp3) is 0.217. The molecule has 2 aromatic heterocycles. The molecule has 1 aliphatic heterocycles. The molecule has 0 fully saturated rings. The monoisotopic (exact) mass is 434 g/mol. The lowest BCUT2D eigenvalue weighted by atomic mass is 10.1. The number of nitrogens with zero attached hydrogens (tertiary/aromatic N) is 4. The van der Waals surface area contributed by atoms with Crippen LogP contribution in [0, 0.1) is 0 Å². The van der Waals surface area contributed by atoms with Crippen molar-refractivity contribution >= 4 is 20.9 Å². The second kappa shape index (κ2) is 7.79. The third kappa shape index (κ3) is 3.58. The van der Waals surface area contributed by atoms with Gasteiger partial charge in [0.25, 0.3) is 0 Å². The van der Waals surface area contributed by atoms with E-state index in [1.807, 2.05) is 53.2 Å². The van der Waals surface area contributed by atoms with Crippen LogP contribution >= 0.6 is 0 Å². The average molecular weight is 435 g/mol. The van der Waals surface area contributed by atoms with E-state index in [1.54, 1.807) is 25.4 Å². The summed E-state index contributed by atoms with van der Waals surface area (Å²) >= 11 is 0. The third-order valence-electron chi connectivity index (χ3n) is 5.58. The molecule has 8 heteroatoms. The van der Waals surface area contributed by atoms with Gasteiger partial charge < -0.3 is 4.74 Å². The molecule has 3 heterocycles. The molecule has 5 rings (SSSR count). The number of aromatic nitrogens is 3. The Hall–Kier alpha value is -3.23. The Morgan fingerprint density at radius 2 is 1.81 bits per heavy atom. The van der Waals surface area contributed by atoms with Gasteiger partial charge in [0.2, 0.25) is 10.0 Å². The molecule has 1 aliphatic rings. The fourth-order valence-corrected chi connectivity index (χ4v) is 5.58. The molecule has 0 saturated heterocycles. The van der Waals surface area contributed by atoms with Crippen molar-refractivity contribution in [1.82, 2.24) is 19.1 Å². The molecular formula is C23H22N4O3S. The first kappa shape index (κ1) is 19.7. The Balaban J connectivity index is 1.49. The molecule has 0 amide bonds. The minimum Gasteiger partial charge on any atom is -0.497 e. The van der Waals surface area contributed by atoms with E-state index in [0.29, 0.717) is 25.0 Å². The van der Waals surface area contributed by atoms with Gasteiger partial charge in [0.15, 0.2) is 0 Å². The molecule has 31 heavy (non-hydrogen) atoms. The second-order valence-electron chi connectivity index (χ2n) is 7.50. The summed E-state index contributed by atoms with van der Waals surface area (Å²) in [5.74, 6) is 0.783. The zero-order valence-electron chi connectivity index (χ0n) is 17.1. The van der Waals surface area contributed by atoms with Crippen LogP contribution in [0.3, 0.4) is 0 Å². The summed E-state index contributed by atoms with van der Waals surface area (Å²) in [6.45, 7) is 1.38. The smallest absolute Gasteiger partial charge is 0.245 e. The van der Waals surface area contributed by atoms with E-state index in [0.717, 1.165) is 28.1 Å². The van der Waals surface area contributed by atoms with Gasteiger partial charge in [-0.05, 0) is 48.9 Å². The first-order valence-electron chi connectivity index (χ1n) is 10.1. The molecule has 7 nitrogen and oxygen atoms in total. The number of aryl methyl sites for hydroxylation is 1. The van der Waals surface area contributed by atoms with Crippen molar-refractivity contribution in [1.29, 1.82) is 0 Å². The zero-order valence-corrected chi connectivity index (χ0v) is 17.9. The maximum absolute atomic E-state index is 13.6. The van der Waals surface area contributed by atoms with E-state index in [4.69, 9.17) is 9.84 Å². The van der Waals surface area contributed by atoms with Crippen LogP contribution in [0.25, 0.3) is 22.2 Å². The van der Waals surface area contributed by atoms with Crippen molar-refractivity contribution in [2.45, 2.75) is 24.4 Å². The maximum atomic E-state index is 13.6. The summed E-state index contributed by atoms with van der Waals surface area (Å²) in [5, 5.41) is 5.53. The molecule has 0 spiro atoms. The Morgan fingerprint density at radius 3 is 2.61 bits per heavy atom. The molecule has 2 aromatic carbocycles. The molecule has 0 unspecified atom stereocenters. The number of benzene rings is 2. The van der Waals surface area contributed by atoms with Gasteiger partial charge in [0.1, 0.15) is 10.6 Å². The van der Waals surface area contributed by atoms with E-state index in [9.17, 15) is 8.42 Å². The van der Waals surface area contributed by atoms with Crippen molar-refractivity contribution in [3.8, 4) is 17.0 Å². The summed E-state index contributed by atoms with van der Waals surface area (Å²) < 4.78 is 35.8. The topological polar surface area (TPSA) is 77.3 Å². The third-order valence-corrected chi connectivity index (χ3v) is 7.46. The van der Waals surface area contributed by atoms with Gasteiger partial charge in [0, 0.05) is 30.2 Å². The summed E-state index contributed by atoms with van der Waals surface area (Å²) in [6, 6.07) is 18.6. The molecule has 158 valence electrons. The highest BCUT2D eigenvalue weighted by atomic mass is 32.2. The van der Waals surface area contributed by atoms with E-state index in [2.05, 4.69) is 4.98 Å². The zero-order chi connectivity index (χ0) is 21.4. The number of para-hydroxylation sites is 1. The number of methoxy groups -OCH3 is 1. The van der Waals surface area contributed by atoms with E-state index in [-0.39, 0.29) is 11.4 Å². The Labute approximate surface area is 181 Å². The molecule has 4 aromatic rings. The van der Waals surface area contributed by atoms with Crippen LogP contribution in [-0.2, 0) is 23.1 Å². The van der Waals surface area contributed by atoms with Crippen molar-refractivity contribution in [3.05, 3.63) is 72.6 Å². The van der Waals surface area contributed by atoms with Crippen LogP contribution < -0.4 is 4.74 Å². The molecule has 0 radical (unpaired) electrons. The lowest BCUT2D eigenvalue weighted by Gasteiger charge is -2.20. The molecule has 0 atom stereocenters. The van der Waals surface area contributed by atoms with Gasteiger partial charge in [-0.2, -0.15) is 9.40 Å². The highest BCUT2D eigenvalue weighted by molar-refractivity contribution is 7.89. The Bertz CT molecular complexity index is 1340. The van der Waals surface area contributed by atoms with Crippen LogP contribution in [0.5, 0.6) is 5.75 Å². The van der Waals surface area contributed by atoms with E-state index >= 15 is 0 Å². The first-order chi connectivity index (χ1) is 15.1. The Kier molecular flexibility index (Phi) is 4.95. The fourth-order valence-electron chi connectivity index (χ4n) is 3.96. The number of sulfonamides is 1. The first-order valence-corrected chi connectivity index (χ1v) is 11.6. The minimum atomic E-state index is -3.71. The number of ether oxygens (including phenoxy) is 1. The largest absolute Gasteiger partial charge is 0.497 e. The Morgan fingerprint density at radius 1 is 1.00 bits per heavy atom. The quantitative estimate of drug-likeness (QED) is 0.489. The van der Waals surface area contributed by atoms with Crippen LogP contribution in [0.15, 0.2) is 71.8 Å². The standard InChI is InChI=1S/C23H22N4O3S/c1-30-20-10-8-17(9-11-20)21-15-19-16-26(13-4-14-27(19)25-21)31(28,29)22-7-2-5-18-6-3-12-24-23(18)22/h2-3,5-12,15H,4,13-14,16H2,1H3. The highest BCUT2D eigenvalue weighted by Crippen LogP contribution is 2.28. The van der Waals surface area contributed by atoms with Gasteiger partial charge >= 0.3 is 0 Å². The molecule has 0 saturated carbocycles. The molecule has 0 bridgehead atoms. The maximum Gasteiger partial charge on any atom is 0.245 e. The number of hydrogen-bond acceptors (Lipinski definition) is 5. The average Bonchev–Trinajstić information content (AvgIpc) is 3.09. The summed E-state index contributed by atoms with van der Waals surface area (Å²) in [6.07, 6.45) is 2.31. The minimum absolute atomic E-state index is 0.244. The number of rotatable bonds is 4. The predicted octanol–water partition coefficient (Wildman–Crippen LogP) is 3.70.